The van der Waals surface area contributed by atoms with Gasteiger partial charge in [0.05, 0.1) is 5.75 Å². The maximum atomic E-state index is 12.3. The fourth-order valence-electron chi connectivity index (χ4n) is 2.99. The molecule has 0 saturated heterocycles. The summed E-state index contributed by atoms with van der Waals surface area (Å²) in [6.45, 7) is 0. The van der Waals surface area contributed by atoms with E-state index in [1.807, 2.05) is 95.6 Å². The van der Waals surface area contributed by atoms with Crippen LogP contribution in [0, 0.1) is 0 Å². The molecule has 0 fully saturated rings. The SMILES string of the molecule is O=C(CSc1nnc(-c2ccc(Cl)cc2)n1-c1ccccc1)NN=CC=Cc1ccccc1. The van der Waals surface area contributed by atoms with Crippen molar-refractivity contribution in [3.63, 3.8) is 0 Å². The summed E-state index contributed by atoms with van der Waals surface area (Å²) in [6, 6.07) is 27.0. The summed E-state index contributed by atoms with van der Waals surface area (Å²) < 4.78 is 1.92. The normalized spacial score (nSPS) is 11.3. The number of hydrogen-bond acceptors (Lipinski definition) is 5. The molecule has 4 aromatic rings. The number of carbonyl (C=O) groups excluding carboxylic acids is 1. The fourth-order valence-corrected chi connectivity index (χ4v) is 3.86. The van der Waals surface area contributed by atoms with Crippen LogP contribution in [0.4, 0.5) is 0 Å². The number of para-hydroxylation sites is 1. The van der Waals surface area contributed by atoms with Gasteiger partial charge in [-0.2, -0.15) is 5.10 Å². The number of hydrazone groups is 1. The molecule has 0 unspecified atom stereocenters. The lowest BCUT2D eigenvalue weighted by atomic mass is 10.2. The molecule has 1 heterocycles. The Bertz CT molecular complexity index is 1260. The lowest BCUT2D eigenvalue weighted by Gasteiger charge is -2.10. The lowest BCUT2D eigenvalue weighted by Crippen LogP contribution is -2.19. The monoisotopic (exact) mass is 473 g/mol. The van der Waals surface area contributed by atoms with Crippen LogP contribution in [0.3, 0.4) is 0 Å². The quantitative estimate of drug-likeness (QED) is 0.208. The van der Waals surface area contributed by atoms with Gasteiger partial charge in [0.2, 0.25) is 0 Å². The fraction of sp³-hybridized carbons (Fsp3) is 0.0400. The van der Waals surface area contributed by atoms with Crippen molar-refractivity contribution in [3.05, 3.63) is 102 Å². The minimum Gasteiger partial charge on any atom is -0.272 e. The number of benzene rings is 3. The van der Waals surface area contributed by atoms with E-state index in [0.717, 1.165) is 16.8 Å². The summed E-state index contributed by atoms with van der Waals surface area (Å²) in [4.78, 5) is 12.3. The maximum Gasteiger partial charge on any atom is 0.250 e. The molecular weight excluding hydrogens is 454 g/mol. The first kappa shape index (κ1) is 22.5. The first-order valence-corrected chi connectivity index (χ1v) is 11.5. The molecule has 1 amide bonds. The number of amides is 1. The molecule has 4 rings (SSSR count). The minimum absolute atomic E-state index is 0.144. The van der Waals surface area contributed by atoms with Crippen LogP contribution >= 0.6 is 23.4 Å². The molecule has 0 saturated carbocycles. The van der Waals surface area contributed by atoms with E-state index >= 15 is 0 Å². The third kappa shape index (κ3) is 6.19. The number of thioether (sulfide) groups is 1. The van der Waals surface area contributed by atoms with Gasteiger partial charge in [0.1, 0.15) is 0 Å². The van der Waals surface area contributed by atoms with Gasteiger partial charge in [-0.1, -0.05) is 78.0 Å². The summed E-state index contributed by atoms with van der Waals surface area (Å²) in [6.07, 6.45) is 5.22. The van der Waals surface area contributed by atoms with Crippen molar-refractivity contribution in [2.24, 2.45) is 5.10 Å². The first-order chi connectivity index (χ1) is 16.2. The number of nitrogens with zero attached hydrogens (tertiary/aromatic N) is 4. The first-order valence-electron chi connectivity index (χ1n) is 10.1. The molecular formula is C25H20ClN5OS. The Kier molecular flexibility index (Phi) is 7.68. The van der Waals surface area contributed by atoms with Crippen molar-refractivity contribution in [2.75, 3.05) is 5.75 Å². The number of halogens is 1. The van der Waals surface area contributed by atoms with Crippen molar-refractivity contribution < 1.29 is 4.79 Å². The van der Waals surface area contributed by atoms with E-state index in [-0.39, 0.29) is 11.7 Å². The maximum absolute atomic E-state index is 12.3. The van der Waals surface area contributed by atoms with Gasteiger partial charge in [-0.3, -0.25) is 9.36 Å². The van der Waals surface area contributed by atoms with E-state index < -0.39 is 0 Å². The van der Waals surface area contributed by atoms with Crippen molar-refractivity contribution in [2.45, 2.75) is 5.16 Å². The Balaban J connectivity index is 1.43. The third-order valence-corrected chi connectivity index (χ3v) is 5.70. The molecule has 0 bridgehead atoms. The van der Waals surface area contributed by atoms with Gasteiger partial charge >= 0.3 is 0 Å². The molecule has 6 nitrogen and oxygen atoms in total. The lowest BCUT2D eigenvalue weighted by molar-refractivity contribution is -0.118. The van der Waals surface area contributed by atoms with Crippen LogP contribution in [0.2, 0.25) is 5.02 Å². The second-order valence-corrected chi connectivity index (χ2v) is 8.23. The number of carbonyl (C=O) groups is 1. The smallest absolute Gasteiger partial charge is 0.250 e. The Hall–Kier alpha value is -3.68. The van der Waals surface area contributed by atoms with Crippen LogP contribution in [-0.4, -0.2) is 32.6 Å². The van der Waals surface area contributed by atoms with E-state index in [2.05, 4.69) is 20.7 Å². The highest BCUT2D eigenvalue weighted by Gasteiger charge is 2.17. The second-order valence-electron chi connectivity index (χ2n) is 6.86. The van der Waals surface area contributed by atoms with Crippen molar-refractivity contribution >= 4 is 41.6 Å². The molecule has 1 N–H and O–H groups in total. The standard InChI is InChI=1S/C25H20ClN5OS/c26-21-15-13-20(14-16-21)24-29-30-25(31(24)22-11-5-2-6-12-22)33-18-23(32)28-27-17-7-10-19-8-3-1-4-9-19/h1-17H,18H2,(H,28,32). The van der Waals surface area contributed by atoms with Gasteiger partial charge < -0.3 is 0 Å². The second kappa shape index (κ2) is 11.3. The van der Waals surface area contributed by atoms with E-state index in [1.54, 1.807) is 12.3 Å². The highest BCUT2D eigenvalue weighted by molar-refractivity contribution is 7.99. The third-order valence-electron chi connectivity index (χ3n) is 4.52. The molecule has 0 aliphatic heterocycles. The predicted molar refractivity (Wildman–Crippen MR) is 135 cm³/mol. The van der Waals surface area contributed by atoms with Crippen LogP contribution in [-0.2, 0) is 4.79 Å². The molecule has 164 valence electrons. The molecule has 8 heteroatoms. The zero-order valence-corrected chi connectivity index (χ0v) is 19.1. The molecule has 3 aromatic carbocycles. The molecule has 0 aliphatic carbocycles. The average Bonchev–Trinajstić information content (AvgIpc) is 3.28. The number of rotatable bonds is 8. The highest BCUT2D eigenvalue weighted by Crippen LogP contribution is 2.28. The van der Waals surface area contributed by atoms with Crippen molar-refractivity contribution in [1.29, 1.82) is 0 Å². The van der Waals surface area contributed by atoms with Gasteiger partial charge in [0.25, 0.3) is 5.91 Å². The average molecular weight is 474 g/mol. The van der Waals surface area contributed by atoms with Gasteiger partial charge in [0, 0.05) is 22.5 Å². The van der Waals surface area contributed by atoms with Gasteiger partial charge in [0.15, 0.2) is 11.0 Å². The van der Waals surface area contributed by atoms with Crippen molar-refractivity contribution in [1.82, 2.24) is 20.2 Å². The summed E-state index contributed by atoms with van der Waals surface area (Å²) in [7, 11) is 0. The zero-order chi connectivity index (χ0) is 22.9. The van der Waals surface area contributed by atoms with Gasteiger partial charge in [-0.05, 0) is 48.0 Å². The minimum atomic E-state index is -0.236. The van der Waals surface area contributed by atoms with Crippen LogP contribution in [0.25, 0.3) is 23.2 Å². The summed E-state index contributed by atoms with van der Waals surface area (Å²) >= 11 is 7.32. The molecule has 0 radical (unpaired) electrons. The summed E-state index contributed by atoms with van der Waals surface area (Å²) in [5, 5.41) is 13.9. The van der Waals surface area contributed by atoms with Crippen LogP contribution < -0.4 is 5.43 Å². The largest absolute Gasteiger partial charge is 0.272 e. The predicted octanol–water partition coefficient (Wildman–Crippen LogP) is 5.50. The Morgan fingerprint density at radius 1 is 0.970 bits per heavy atom. The zero-order valence-electron chi connectivity index (χ0n) is 17.5. The Morgan fingerprint density at radius 3 is 2.39 bits per heavy atom. The number of allylic oxidation sites excluding steroid dienone is 1. The van der Waals surface area contributed by atoms with Crippen LogP contribution in [0.5, 0.6) is 0 Å². The summed E-state index contributed by atoms with van der Waals surface area (Å²) in [5.74, 6) is 0.579. The van der Waals surface area contributed by atoms with Crippen molar-refractivity contribution in [3.8, 4) is 17.1 Å². The summed E-state index contributed by atoms with van der Waals surface area (Å²) in [5.41, 5.74) is 5.37. The highest BCUT2D eigenvalue weighted by atomic mass is 35.5. The van der Waals surface area contributed by atoms with Gasteiger partial charge in [-0.15, -0.1) is 10.2 Å². The Labute approximate surface area is 201 Å². The number of nitrogens with one attached hydrogen (secondary N) is 1. The molecule has 0 spiro atoms. The molecule has 0 aliphatic rings. The van der Waals surface area contributed by atoms with E-state index in [0.29, 0.717) is 16.0 Å². The molecule has 1 aromatic heterocycles. The van der Waals surface area contributed by atoms with E-state index in [9.17, 15) is 4.79 Å². The Morgan fingerprint density at radius 2 is 1.67 bits per heavy atom. The van der Waals surface area contributed by atoms with Gasteiger partial charge in [-0.25, -0.2) is 5.43 Å². The van der Waals surface area contributed by atoms with E-state index in [4.69, 9.17) is 11.6 Å². The number of aromatic nitrogens is 3. The van der Waals surface area contributed by atoms with E-state index in [1.165, 1.54) is 11.8 Å². The van der Waals surface area contributed by atoms with Crippen LogP contribution in [0.15, 0.2) is 101 Å². The molecule has 0 atom stereocenters. The number of hydrogen-bond donors (Lipinski definition) is 1. The van der Waals surface area contributed by atoms with Crippen LogP contribution in [0.1, 0.15) is 5.56 Å². The molecule has 33 heavy (non-hydrogen) atoms. The topological polar surface area (TPSA) is 72.2 Å².